The maximum Gasteiger partial charge on any atom is 0.416 e. The van der Waals surface area contributed by atoms with Crippen molar-refractivity contribution in [2.75, 3.05) is 13.7 Å². The zero-order valence-electron chi connectivity index (χ0n) is 23.2. The molecule has 10 heteroatoms. The Morgan fingerprint density at radius 1 is 1.05 bits per heavy atom. The molecule has 0 aliphatic rings. The van der Waals surface area contributed by atoms with Crippen LogP contribution >= 0.6 is 0 Å². The van der Waals surface area contributed by atoms with Gasteiger partial charge in [0, 0.05) is 17.7 Å². The number of ether oxygens (including phenoxy) is 1. The third-order valence-corrected chi connectivity index (χ3v) is 6.95. The summed E-state index contributed by atoms with van der Waals surface area (Å²) >= 11 is 0. The molecular weight excluding hydrogens is 535 g/mol. The number of amides is 1. The standard InChI is InChI=1S/C31H32F3N3O4/c1-18(2)15-27(20-5-7-21(8-6-20)30(40)35-14-13-28(38)39)37-26-12-11-24(29(41-4)25(26)17-36-37)23-10-9-22(16-19(23)3)31(32,33)34/h5-12,16-18,27H,13-15H2,1-4H3,(H,35,40)(H,38,39)/t27-/m0/s1. The van der Waals surface area contributed by atoms with Gasteiger partial charge >= 0.3 is 12.1 Å². The average Bonchev–Trinajstić information content (AvgIpc) is 3.34. The van der Waals surface area contributed by atoms with Gasteiger partial charge in [-0.05, 0) is 72.4 Å². The summed E-state index contributed by atoms with van der Waals surface area (Å²) in [5.74, 6) is -0.497. The molecule has 41 heavy (non-hydrogen) atoms. The number of carboxylic acid groups (broad SMARTS) is 1. The van der Waals surface area contributed by atoms with Crippen molar-refractivity contribution in [2.24, 2.45) is 5.92 Å². The van der Waals surface area contributed by atoms with Crippen LogP contribution in [-0.4, -0.2) is 40.4 Å². The smallest absolute Gasteiger partial charge is 0.416 e. The van der Waals surface area contributed by atoms with Gasteiger partial charge in [0.1, 0.15) is 5.75 Å². The van der Waals surface area contributed by atoms with Crippen LogP contribution in [0.3, 0.4) is 0 Å². The summed E-state index contributed by atoms with van der Waals surface area (Å²) in [7, 11) is 1.53. The summed E-state index contributed by atoms with van der Waals surface area (Å²) in [4.78, 5) is 23.1. The quantitative estimate of drug-likeness (QED) is 0.218. The Labute approximate surface area is 235 Å². The number of carboxylic acids is 1. The van der Waals surface area contributed by atoms with Crippen LogP contribution in [0.15, 0.2) is 60.8 Å². The molecule has 0 bridgehead atoms. The minimum absolute atomic E-state index is 0.0426. The van der Waals surface area contributed by atoms with Crippen molar-refractivity contribution >= 4 is 22.8 Å². The number of nitrogens with one attached hydrogen (secondary N) is 1. The van der Waals surface area contributed by atoms with E-state index in [1.165, 1.54) is 13.2 Å². The van der Waals surface area contributed by atoms with Gasteiger partial charge in [-0.1, -0.05) is 32.0 Å². The first-order valence-corrected chi connectivity index (χ1v) is 13.2. The molecule has 4 aromatic rings. The minimum Gasteiger partial charge on any atom is -0.495 e. The Hall–Kier alpha value is -4.34. The van der Waals surface area contributed by atoms with E-state index in [2.05, 4.69) is 19.2 Å². The van der Waals surface area contributed by atoms with Crippen LogP contribution in [0.4, 0.5) is 13.2 Å². The van der Waals surface area contributed by atoms with Crippen molar-refractivity contribution in [1.82, 2.24) is 15.1 Å². The van der Waals surface area contributed by atoms with E-state index >= 15 is 0 Å². The van der Waals surface area contributed by atoms with Gasteiger partial charge in [0.25, 0.3) is 5.91 Å². The predicted octanol–water partition coefficient (Wildman–Crippen LogP) is 6.88. The molecule has 0 aliphatic heterocycles. The van der Waals surface area contributed by atoms with Gasteiger partial charge in [-0.3, -0.25) is 14.3 Å². The van der Waals surface area contributed by atoms with Crippen molar-refractivity contribution in [3.05, 3.63) is 83.0 Å². The number of fused-ring (bicyclic) bond motifs is 1. The molecule has 1 aromatic heterocycles. The van der Waals surface area contributed by atoms with Gasteiger partial charge in [-0.2, -0.15) is 18.3 Å². The SMILES string of the molecule is COc1c(-c2ccc(C(F)(F)F)cc2C)ccc2c1cnn2[C@@H](CC(C)C)c1ccc(C(=O)NCCC(=O)O)cc1. The van der Waals surface area contributed by atoms with Gasteiger partial charge in [0.15, 0.2) is 0 Å². The normalized spacial score (nSPS) is 12.5. The number of aryl methyl sites for hydroxylation is 1. The van der Waals surface area contributed by atoms with Gasteiger partial charge < -0.3 is 15.2 Å². The number of nitrogens with zero attached hydrogens (tertiary/aromatic N) is 2. The number of methoxy groups -OCH3 is 1. The third kappa shape index (κ3) is 6.53. The first kappa shape index (κ1) is 29.6. The highest BCUT2D eigenvalue weighted by Gasteiger charge is 2.31. The number of benzene rings is 3. The van der Waals surface area contributed by atoms with Crippen LogP contribution in [-0.2, 0) is 11.0 Å². The predicted molar refractivity (Wildman–Crippen MR) is 150 cm³/mol. The molecule has 3 aromatic carbocycles. The number of aliphatic carboxylic acids is 1. The molecular formula is C31H32F3N3O4. The Morgan fingerprint density at radius 3 is 2.32 bits per heavy atom. The molecule has 0 radical (unpaired) electrons. The van der Waals surface area contributed by atoms with Crippen molar-refractivity contribution in [1.29, 1.82) is 0 Å². The van der Waals surface area contributed by atoms with Gasteiger partial charge in [-0.15, -0.1) is 0 Å². The molecule has 0 saturated carbocycles. The van der Waals surface area contributed by atoms with Crippen molar-refractivity contribution < 1.29 is 32.6 Å². The number of halogens is 3. The van der Waals surface area contributed by atoms with Gasteiger partial charge in [0.05, 0.1) is 42.2 Å². The minimum atomic E-state index is -4.42. The molecule has 0 saturated heterocycles. The highest BCUT2D eigenvalue weighted by molar-refractivity contribution is 5.95. The van der Waals surface area contributed by atoms with Crippen molar-refractivity contribution in [2.45, 2.75) is 45.8 Å². The number of rotatable bonds is 10. The Bertz CT molecular complexity index is 1560. The Kier molecular flexibility index (Phi) is 8.70. The topological polar surface area (TPSA) is 93.5 Å². The summed E-state index contributed by atoms with van der Waals surface area (Å²) in [5, 5.41) is 16.8. The summed E-state index contributed by atoms with van der Waals surface area (Å²) in [5.41, 5.74) is 3.25. The summed E-state index contributed by atoms with van der Waals surface area (Å²) in [6, 6.07) is 14.4. The van der Waals surface area contributed by atoms with E-state index in [0.717, 1.165) is 35.0 Å². The molecule has 7 nitrogen and oxygen atoms in total. The van der Waals surface area contributed by atoms with Crippen LogP contribution in [0.2, 0.25) is 0 Å². The van der Waals surface area contributed by atoms with E-state index < -0.39 is 17.7 Å². The number of carbonyl (C=O) groups excluding carboxylic acids is 1. The second-order valence-electron chi connectivity index (χ2n) is 10.4. The zero-order chi connectivity index (χ0) is 29.9. The van der Waals surface area contributed by atoms with Gasteiger partial charge in [0.2, 0.25) is 0 Å². The Balaban J connectivity index is 1.70. The third-order valence-electron chi connectivity index (χ3n) is 6.95. The maximum atomic E-state index is 13.2. The van der Waals surface area contributed by atoms with E-state index in [4.69, 9.17) is 14.9 Å². The molecule has 216 valence electrons. The lowest BCUT2D eigenvalue weighted by molar-refractivity contribution is -0.138. The van der Waals surface area contributed by atoms with Crippen LogP contribution in [0.1, 0.15) is 59.8 Å². The molecule has 0 unspecified atom stereocenters. The van der Waals surface area contributed by atoms with Crippen LogP contribution in [0.5, 0.6) is 5.75 Å². The second kappa shape index (κ2) is 12.0. The molecule has 2 N–H and O–H groups in total. The highest BCUT2D eigenvalue weighted by Crippen LogP contribution is 2.41. The zero-order valence-corrected chi connectivity index (χ0v) is 23.2. The molecule has 1 amide bonds. The number of alkyl halides is 3. The summed E-state index contributed by atoms with van der Waals surface area (Å²) < 4.78 is 47.4. The average molecular weight is 568 g/mol. The maximum absolute atomic E-state index is 13.2. The lowest BCUT2D eigenvalue weighted by Crippen LogP contribution is -2.26. The van der Waals surface area contributed by atoms with Crippen LogP contribution < -0.4 is 10.1 Å². The number of carbonyl (C=O) groups is 2. The monoisotopic (exact) mass is 567 g/mol. The lowest BCUT2D eigenvalue weighted by Gasteiger charge is -2.22. The summed E-state index contributed by atoms with van der Waals surface area (Å²) in [6.45, 7) is 5.90. The number of hydrogen-bond donors (Lipinski definition) is 2. The second-order valence-corrected chi connectivity index (χ2v) is 10.4. The molecule has 4 rings (SSSR count). The largest absolute Gasteiger partial charge is 0.495 e. The lowest BCUT2D eigenvalue weighted by atomic mass is 9.95. The van der Waals surface area contributed by atoms with Gasteiger partial charge in [-0.25, -0.2) is 0 Å². The van der Waals surface area contributed by atoms with E-state index in [0.29, 0.717) is 33.9 Å². The fourth-order valence-corrected chi connectivity index (χ4v) is 4.98. The van der Waals surface area contributed by atoms with E-state index in [9.17, 15) is 22.8 Å². The molecule has 1 heterocycles. The van der Waals surface area contributed by atoms with Crippen molar-refractivity contribution in [3.8, 4) is 16.9 Å². The Morgan fingerprint density at radius 2 is 1.73 bits per heavy atom. The van der Waals surface area contributed by atoms with Crippen LogP contribution in [0.25, 0.3) is 22.0 Å². The van der Waals surface area contributed by atoms with E-state index in [1.807, 2.05) is 28.9 Å². The fraction of sp³-hybridized carbons (Fsp3) is 0.323. The number of aromatic nitrogens is 2. The number of hydrogen-bond acceptors (Lipinski definition) is 4. The first-order chi connectivity index (χ1) is 19.4. The molecule has 0 aliphatic carbocycles. The molecule has 1 atom stereocenters. The summed E-state index contributed by atoms with van der Waals surface area (Å²) in [6.07, 6.45) is -2.12. The fourth-order valence-electron chi connectivity index (χ4n) is 4.98. The molecule has 0 fully saturated rings. The van der Waals surface area contributed by atoms with Crippen LogP contribution in [0, 0.1) is 12.8 Å². The molecule has 0 spiro atoms. The van der Waals surface area contributed by atoms with E-state index in [1.54, 1.807) is 25.3 Å². The first-order valence-electron chi connectivity index (χ1n) is 13.2. The van der Waals surface area contributed by atoms with E-state index in [-0.39, 0.29) is 24.9 Å². The highest BCUT2D eigenvalue weighted by atomic mass is 19.4. The van der Waals surface area contributed by atoms with Crippen molar-refractivity contribution in [3.63, 3.8) is 0 Å².